The lowest BCUT2D eigenvalue weighted by Gasteiger charge is -2.22. The Bertz CT molecular complexity index is 838. The van der Waals surface area contributed by atoms with Crippen LogP contribution in [0.3, 0.4) is 0 Å². The van der Waals surface area contributed by atoms with E-state index in [0.29, 0.717) is 24.6 Å². The molecule has 3 heterocycles. The summed E-state index contributed by atoms with van der Waals surface area (Å²) in [6.45, 7) is 4.30. The standard InChI is InChI=1S/C18H25N7O.HI/c1-4-19-18(25(3)13-14-7-5-11-24(14)2)20-10-9-16-21-17(23-22-16)15-8-6-12-26-15;/h5-8,11-12H,4,9-10,13H2,1-3H3,(H,19,20)(H,21,22,23);1H. The number of guanidine groups is 1. The smallest absolute Gasteiger partial charge is 0.216 e. The van der Waals surface area contributed by atoms with Gasteiger partial charge in [0.25, 0.3) is 0 Å². The fraction of sp³-hybridized carbons (Fsp3) is 0.389. The Labute approximate surface area is 176 Å². The Morgan fingerprint density at radius 1 is 1.37 bits per heavy atom. The van der Waals surface area contributed by atoms with E-state index in [9.17, 15) is 0 Å². The fourth-order valence-electron chi connectivity index (χ4n) is 2.64. The van der Waals surface area contributed by atoms with Gasteiger partial charge in [-0.3, -0.25) is 10.1 Å². The number of furan rings is 1. The van der Waals surface area contributed by atoms with Crippen LogP contribution in [0.15, 0.2) is 46.1 Å². The van der Waals surface area contributed by atoms with Crippen LogP contribution in [0.2, 0.25) is 0 Å². The van der Waals surface area contributed by atoms with Crippen LogP contribution in [0.1, 0.15) is 18.4 Å². The van der Waals surface area contributed by atoms with E-state index in [2.05, 4.69) is 43.0 Å². The number of nitrogens with one attached hydrogen (secondary N) is 2. The number of H-pyrrole nitrogens is 1. The van der Waals surface area contributed by atoms with Gasteiger partial charge in [0, 0.05) is 45.5 Å². The molecule has 27 heavy (non-hydrogen) atoms. The average Bonchev–Trinajstić information content (AvgIpc) is 3.36. The van der Waals surface area contributed by atoms with E-state index in [1.54, 1.807) is 6.26 Å². The van der Waals surface area contributed by atoms with E-state index >= 15 is 0 Å². The van der Waals surface area contributed by atoms with Crippen LogP contribution in [0.5, 0.6) is 0 Å². The van der Waals surface area contributed by atoms with Gasteiger partial charge in [0.2, 0.25) is 5.82 Å². The van der Waals surface area contributed by atoms with E-state index in [1.165, 1.54) is 5.69 Å². The molecule has 0 aliphatic heterocycles. The molecule has 0 aliphatic rings. The molecular formula is C18H26IN7O. The van der Waals surface area contributed by atoms with Crippen LogP contribution in [-0.2, 0) is 20.0 Å². The van der Waals surface area contributed by atoms with Crippen molar-refractivity contribution in [2.24, 2.45) is 12.0 Å². The molecule has 0 radical (unpaired) electrons. The Balaban J connectivity index is 0.00000261. The number of aromatic amines is 1. The quantitative estimate of drug-likeness (QED) is 0.307. The number of rotatable bonds is 7. The highest BCUT2D eigenvalue weighted by molar-refractivity contribution is 14.0. The van der Waals surface area contributed by atoms with Gasteiger partial charge >= 0.3 is 0 Å². The third kappa shape index (κ3) is 5.59. The Kier molecular flexibility index (Phi) is 7.89. The first-order valence-electron chi connectivity index (χ1n) is 8.72. The number of aryl methyl sites for hydroxylation is 1. The zero-order chi connectivity index (χ0) is 18.4. The molecule has 0 spiro atoms. The largest absolute Gasteiger partial charge is 0.461 e. The molecule has 146 valence electrons. The Morgan fingerprint density at radius 2 is 2.22 bits per heavy atom. The molecule has 0 atom stereocenters. The van der Waals surface area contributed by atoms with Gasteiger partial charge in [0.15, 0.2) is 11.7 Å². The third-order valence-electron chi connectivity index (χ3n) is 4.03. The van der Waals surface area contributed by atoms with Crippen molar-refractivity contribution in [3.63, 3.8) is 0 Å². The van der Waals surface area contributed by atoms with Crippen LogP contribution in [0.4, 0.5) is 0 Å². The Hall–Kier alpha value is -2.30. The molecule has 0 saturated carbocycles. The minimum atomic E-state index is 0. The minimum Gasteiger partial charge on any atom is -0.461 e. The Morgan fingerprint density at radius 3 is 2.89 bits per heavy atom. The van der Waals surface area contributed by atoms with Crippen LogP contribution in [0.25, 0.3) is 11.6 Å². The number of aliphatic imine (C=N–C) groups is 1. The molecule has 0 aliphatic carbocycles. The van der Waals surface area contributed by atoms with E-state index in [4.69, 9.17) is 9.41 Å². The van der Waals surface area contributed by atoms with Gasteiger partial charge in [-0.25, -0.2) is 4.98 Å². The predicted octanol–water partition coefficient (Wildman–Crippen LogP) is 2.66. The van der Waals surface area contributed by atoms with E-state index in [0.717, 1.165) is 24.9 Å². The van der Waals surface area contributed by atoms with Gasteiger partial charge in [-0.05, 0) is 31.2 Å². The molecular weight excluding hydrogens is 457 g/mol. The summed E-state index contributed by atoms with van der Waals surface area (Å²) in [5.74, 6) is 2.90. The second-order valence-electron chi connectivity index (χ2n) is 6.04. The summed E-state index contributed by atoms with van der Waals surface area (Å²) in [7, 11) is 4.09. The zero-order valence-corrected chi connectivity index (χ0v) is 18.2. The van der Waals surface area contributed by atoms with Crippen molar-refractivity contribution in [2.75, 3.05) is 20.1 Å². The molecule has 0 amide bonds. The molecule has 0 saturated heterocycles. The molecule has 9 heteroatoms. The molecule has 0 fully saturated rings. The number of hydrogen-bond donors (Lipinski definition) is 2. The molecule has 8 nitrogen and oxygen atoms in total. The lowest BCUT2D eigenvalue weighted by Crippen LogP contribution is -2.39. The third-order valence-corrected chi connectivity index (χ3v) is 4.03. The van der Waals surface area contributed by atoms with Crippen LogP contribution < -0.4 is 5.32 Å². The summed E-state index contributed by atoms with van der Waals surface area (Å²) in [6, 6.07) is 7.83. The highest BCUT2D eigenvalue weighted by Crippen LogP contribution is 2.14. The number of halogens is 1. The summed E-state index contributed by atoms with van der Waals surface area (Å²) in [5.41, 5.74) is 1.23. The van der Waals surface area contributed by atoms with Crippen LogP contribution in [0, 0.1) is 0 Å². The van der Waals surface area contributed by atoms with Gasteiger partial charge in [0.05, 0.1) is 12.8 Å². The second kappa shape index (κ2) is 10.1. The van der Waals surface area contributed by atoms with Gasteiger partial charge in [-0.1, -0.05) is 0 Å². The van der Waals surface area contributed by atoms with Crippen LogP contribution in [-0.4, -0.2) is 50.7 Å². The molecule has 3 rings (SSSR count). The lowest BCUT2D eigenvalue weighted by molar-refractivity contribution is 0.462. The molecule has 0 unspecified atom stereocenters. The fourth-order valence-corrected chi connectivity index (χ4v) is 2.64. The summed E-state index contributed by atoms with van der Waals surface area (Å²) in [5, 5.41) is 10.5. The van der Waals surface area contributed by atoms with Crippen molar-refractivity contribution in [3.05, 3.63) is 48.2 Å². The number of aromatic nitrogens is 4. The van der Waals surface area contributed by atoms with Crippen molar-refractivity contribution in [1.29, 1.82) is 0 Å². The predicted molar refractivity (Wildman–Crippen MR) is 116 cm³/mol. The van der Waals surface area contributed by atoms with Crippen molar-refractivity contribution < 1.29 is 4.42 Å². The van der Waals surface area contributed by atoms with Crippen molar-refractivity contribution in [1.82, 2.24) is 30.0 Å². The van der Waals surface area contributed by atoms with Gasteiger partial charge < -0.3 is 19.2 Å². The SMILES string of the molecule is CCNC(=NCCc1nc(-c2ccco2)n[nH]1)N(C)Cc1cccn1C.I. The molecule has 2 N–H and O–H groups in total. The molecule has 3 aromatic rings. The molecule has 0 aromatic carbocycles. The lowest BCUT2D eigenvalue weighted by atomic mass is 10.4. The average molecular weight is 483 g/mol. The maximum Gasteiger partial charge on any atom is 0.216 e. The van der Waals surface area contributed by atoms with E-state index < -0.39 is 0 Å². The molecule has 0 bridgehead atoms. The topological polar surface area (TPSA) is 87.3 Å². The zero-order valence-electron chi connectivity index (χ0n) is 15.8. The van der Waals surface area contributed by atoms with E-state index in [1.807, 2.05) is 38.5 Å². The van der Waals surface area contributed by atoms with Gasteiger partial charge in [-0.15, -0.1) is 24.0 Å². The first-order chi connectivity index (χ1) is 12.7. The first-order valence-corrected chi connectivity index (χ1v) is 8.72. The highest BCUT2D eigenvalue weighted by Gasteiger charge is 2.10. The number of hydrogen-bond acceptors (Lipinski definition) is 4. The number of nitrogens with zero attached hydrogens (tertiary/aromatic N) is 5. The van der Waals surface area contributed by atoms with Gasteiger partial charge in [-0.2, -0.15) is 5.10 Å². The normalized spacial score (nSPS) is 11.3. The summed E-state index contributed by atoms with van der Waals surface area (Å²) in [4.78, 5) is 11.3. The summed E-state index contributed by atoms with van der Waals surface area (Å²) in [6.07, 6.45) is 4.34. The summed E-state index contributed by atoms with van der Waals surface area (Å²) < 4.78 is 7.42. The van der Waals surface area contributed by atoms with Crippen molar-refractivity contribution in [2.45, 2.75) is 19.9 Å². The molecule has 3 aromatic heterocycles. The van der Waals surface area contributed by atoms with E-state index in [-0.39, 0.29) is 24.0 Å². The second-order valence-corrected chi connectivity index (χ2v) is 6.04. The van der Waals surface area contributed by atoms with Crippen molar-refractivity contribution >= 4 is 29.9 Å². The maximum atomic E-state index is 5.31. The minimum absolute atomic E-state index is 0. The maximum absolute atomic E-state index is 5.31. The summed E-state index contributed by atoms with van der Waals surface area (Å²) >= 11 is 0. The highest BCUT2D eigenvalue weighted by atomic mass is 127. The van der Waals surface area contributed by atoms with Crippen molar-refractivity contribution in [3.8, 4) is 11.6 Å². The van der Waals surface area contributed by atoms with Crippen LogP contribution >= 0.6 is 24.0 Å². The first kappa shape index (κ1) is 21.0. The monoisotopic (exact) mass is 483 g/mol. The van der Waals surface area contributed by atoms with Gasteiger partial charge in [0.1, 0.15) is 5.82 Å².